The fourth-order valence-electron chi connectivity index (χ4n) is 5.80. The van der Waals surface area contributed by atoms with Gasteiger partial charge in [0.15, 0.2) is 0 Å². The monoisotopic (exact) mass is 354 g/mol. The Morgan fingerprint density at radius 1 is 1.31 bits per heavy atom. The van der Waals surface area contributed by atoms with Crippen molar-refractivity contribution in [2.45, 2.75) is 37.8 Å². The molecule has 0 radical (unpaired) electrons. The van der Waals surface area contributed by atoms with Gasteiger partial charge in [-0.1, -0.05) is 18.2 Å². The highest BCUT2D eigenvalue weighted by Gasteiger charge is 2.49. The lowest BCUT2D eigenvalue weighted by molar-refractivity contribution is -0.160. The topological polar surface area (TPSA) is 65.6 Å². The molecule has 0 unspecified atom stereocenters. The second-order valence-corrected chi connectivity index (χ2v) is 8.18. The van der Waals surface area contributed by atoms with E-state index in [1.165, 1.54) is 29.3 Å². The highest BCUT2D eigenvalue weighted by Crippen LogP contribution is 2.49. The number of aromatic nitrogens is 1. The number of carbonyl (C=O) groups excluding carboxylic acids is 1. The first-order chi connectivity index (χ1) is 12.7. The summed E-state index contributed by atoms with van der Waals surface area (Å²) in [6.45, 7) is 2.10. The molecule has 2 aliphatic heterocycles. The highest BCUT2D eigenvalue weighted by molar-refractivity contribution is 5.85. The quantitative estimate of drug-likeness (QED) is 0.773. The minimum absolute atomic E-state index is 0.199. The van der Waals surface area contributed by atoms with E-state index in [2.05, 4.69) is 34.1 Å². The lowest BCUT2D eigenvalue weighted by atomic mass is 9.65. The SMILES string of the molecule is COC(=O)[C@@H]1[C@@H]2C[C@H]3c4[nH]c5ccccc5c4CCN3C[C@@H]2CC[C@@H]1O. The normalized spacial score (nSPS) is 34.0. The van der Waals surface area contributed by atoms with Crippen molar-refractivity contribution < 1.29 is 14.6 Å². The number of benzene rings is 1. The van der Waals surface area contributed by atoms with Crippen LogP contribution < -0.4 is 0 Å². The maximum absolute atomic E-state index is 12.4. The van der Waals surface area contributed by atoms with Crippen LogP contribution in [-0.2, 0) is 16.0 Å². The Morgan fingerprint density at radius 2 is 2.15 bits per heavy atom. The van der Waals surface area contributed by atoms with Gasteiger partial charge in [0.05, 0.1) is 25.2 Å². The second-order valence-electron chi connectivity index (χ2n) is 8.18. The smallest absolute Gasteiger partial charge is 0.311 e. The van der Waals surface area contributed by atoms with Crippen molar-refractivity contribution >= 4 is 16.9 Å². The van der Waals surface area contributed by atoms with E-state index in [1.807, 2.05) is 0 Å². The number of piperidine rings is 1. The number of nitrogens with zero attached hydrogens (tertiary/aromatic N) is 1. The number of para-hydroxylation sites is 1. The van der Waals surface area contributed by atoms with Crippen molar-refractivity contribution in [3.63, 3.8) is 0 Å². The number of methoxy groups -OCH3 is 1. The zero-order valence-electron chi connectivity index (χ0n) is 15.1. The molecule has 5 atom stereocenters. The molecule has 5 rings (SSSR count). The van der Waals surface area contributed by atoms with Crippen molar-refractivity contribution in [1.29, 1.82) is 0 Å². The van der Waals surface area contributed by atoms with E-state index >= 15 is 0 Å². The number of carbonyl (C=O) groups is 1. The average molecular weight is 354 g/mol. The first-order valence-corrected chi connectivity index (χ1v) is 9.76. The third-order valence-corrected chi connectivity index (χ3v) is 7.02. The molecule has 1 aliphatic carbocycles. The number of esters is 1. The van der Waals surface area contributed by atoms with Crippen LogP contribution in [0.1, 0.15) is 36.6 Å². The summed E-state index contributed by atoms with van der Waals surface area (Å²) in [5.74, 6) is 0.0541. The molecule has 1 saturated heterocycles. The van der Waals surface area contributed by atoms with E-state index < -0.39 is 6.10 Å². The van der Waals surface area contributed by atoms with E-state index in [0.717, 1.165) is 32.4 Å². The molecular formula is C21H26N2O3. The number of aromatic amines is 1. The lowest BCUT2D eigenvalue weighted by Gasteiger charge is -2.50. The van der Waals surface area contributed by atoms with Crippen LogP contribution in [0, 0.1) is 17.8 Å². The summed E-state index contributed by atoms with van der Waals surface area (Å²) in [7, 11) is 1.43. The standard InChI is InChI=1S/C21H26N2O3/c1-26-21(25)19-15-10-17-20-14(13-4-2-3-5-16(13)22-20)8-9-23(17)11-12(15)6-7-18(19)24/h2-5,12,15,17-19,22,24H,6-11H2,1H3/t12-,15+,17-,18-,19+/m0/s1. The van der Waals surface area contributed by atoms with Gasteiger partial charge in [-0.15, -0.1) is 0 Å². The zero-order valence-corrected chi connectivity index (χ0v) is 15.1. The average Bonchev–Trinajstić information content (AvgIpc) is 3.05. The molecular weight excluding hydrogens is 328 g/mol. The van der Waals surface area contributed by atoms with E-state index in [9.17, 15) is 9.90 Å². The van der Waals surface area contributed by atoms with E-state index in [1.54, 1.807) is 0 Å². The molecule has 3 heterocycles. The first kappa shape index (κ1) is 16.3. The van der Waals surface area contributed by atoms with Crippen molar-refractivity contribution in [1.82, 2.24) is 9.88 Å². The van der Waals surface area contributed by atoms with Crippen LogP contribution in [0.25, 0.3) is 10.9 Å². The maximum Gasteiger partial charge on any atom is 0.311 e. The minimum Gasteiger partial charge on any atom is -0.469 e. The molecule has 1 saturated carbocycles. The Balaban J connectivity index is 1.52. The number of nitrogens with one attached hydrogen (secondary N) is 1. The molecule has 0 amide bonds. The predicted molar refractivity (Wildman–Crippen MR) is 98.7 cm³/mol. The number of ether oxygens (including phenoxy) is 1. The Bertz CT molecular complexity index is 845. The highest BCUT2D eigenvalue weighted by atomic mass is 16.5. The summed E-state index contributed by atoms with van der Waals surface area (Å²) in [5.41, 5.74) is 3.96. The molecule has 138 valence electrons. The molecule has 5 heteroatoms. The van der Waals surface area contributed by atoms with Crippen molar-refractivity contribution in [2.75, 3.05) is 20.2 Å². The fourth-order valence-corrected chi connectivity index (χ4v) is 5.80. The van der Waals surface area contributed by atoms with Crippen LogP contribution in [0.4, 0.5) is 0 Å². The van der Waals surface area contributed by atoms with Gasteiger partial charge >= 0.3 is 5.97 Å². The van der Waals surface area contributed by atoms with E-state index in [4.69, 9.17) is 4.74 Å². The molecule has 2 aromatic rings. The number of hydrogen-bond acceptors (Lipinski definition) is 4. The summed E-state index contributed by atoms with van der Waals surface area (Å²) in [6.07, 6.45) is 3.14. The Kier molecular flexibility index (Phi) is 3.83. The number of aliphatic hydroxyl groups is 1. The number of H-pyrrole nitrogens is 1. The van der Waals surface area contributed by atoms with Gasteiger partial charge < -0.3 is 14.8 Å². The molecule has 1 aromatic heterocycles. The van der Waals surface area contributed by atoms with Crippen molar-refractivity contribution in [3.05, 3.63) is 35.5 Å². The number of rotatable bonds is 1. The third-order valence-electron chi connectivity index (χ3n) is 7.02. The van der Waals surface area contributed by atoms with Crippen molar-refractivity contribution in [3.8, 4) is 0 Å². The van der Waals surface area contributed by atoms with Gasteiger partial charge in [0.25, 0.3) is 0 Å². The molecule has 2 fully saturated rings. The van der Waals surface area contributed by atoms with Crippen LogP contribution in [0.5, 0.6) is 0 Å². The van der Waals surface area contributed by atoms with Crippen LogP contribution in [-0.4, -0.2) is 47.3 Å². The third kappa shape index (κ3) is 2.33. The van der Waals surface area contributed by atoms with Gasteiger partial charge in [-0.25, -0.2) is 0 Å². The summed E-state index contributed by atoms with van der Waals surface area (Å²) in [5, 5.41) is 11.8. The predicted octanol–water partition coefficient (Wildman–Crippen LogP) is 2.65. The number of fused-ring (bicyclic) bond motifs is 6. The summed E-state index contributed by atoms with van der Waals surface area (Å²) < 4.78 is 5.04. The van der Waals surface area contributed by atoms with Gasteiger partial charge in [0.1, 0.15) is 0 Å². The van der Waals surface area contributed by atoms with Gasteiger partial charge in [-0.2, -0.15) is 0 Å². The molecule has 3 aliphatic rings. The van der Waals surface area contributed by atoms with E-state index in [-0.39, 0.29) is 17.8 Å². The molecule has 0 spiro atoms. The first-order valence-electron chi connectivity index (χ1n) is 9.76. The van der Waals surface area contributed by atoms with Crippen molar-refractivity contribution in [2.24, 2.45) is 17.8 Å². The Morgan fingerprint density at radius 3 is 3.00 bits per heavy atom. The number of aliphatic hydroxyl groups excluding tert-OH is 1. The Labute approximate surface area is 153 Å². The molecule has 0 bridgehead atoms. The zero-order chi connectivity index (χ0) is 17.8. The largest absolute Gasteiger partial charge is 0.469 e. The maximum atomic E-state index is 12.4. The van der Waals surface area contributed by atoms with E-state index in [0.29, 0.717) is 18.4 Å². The van der Waals surface area contributed by atoms with Crippen LogP contribution >= 0.6 is 0 Å². The van der Waals surface area contributed by atoms with Crippen LogP contribution in [0.3, 0.4) is 0 Å². The molecule has 5 nitrogen and oxygen atoms in total. The number of hydrogen-bond donors (Lipinski definition) is 2. The van der Waals surface area contributed by atoms with Gasteiger partial charge in [0, 0.05) is 29.7 Å². The summed E-state index contributed by atoms with van der Waals surface area (Å²) >= 11 is 0. The fraction of sp³-hybridized carbons (Fsp3) is 0.571. The summed E-state index contributed by atoms with van der Waals surface area (Å²) in [6, 6.07) is 8.83. The van der Waals surface area contributed by atoms with Gasteiger partial charge in [-0.05, 0) is 49.1 Å². The lowest BCUT2D eigenvalue weighted by Crippen LogP contribution is -2.53. The van der Waals surface area contributed by atoms with Crippen LogP contribution in [0.15, 0.2) is 24.3 Å². The summed E-state index contributed by atoms with van der Waals surface area (Å²) in [4.78, 5) is 18.6. The van der Waals surface area contributed by atoms with Gasteiger partial charge in [0.2, 0.25) is 0 Å². The molecule has 2 N–H and O–H groups in total. The minimum atomic E-state index is -0.568. The second kappa shape index (κ2) is 6.10. The Hall–Kier alpha value is -1.85. The molecule has 1 aromatic carbocycles. The van der Waals surface area contributed by atoms with Gasteiger partial charge in [-0.3, -0.25) is 9.69 Å². The molecule has 26 heavy (non-hydrogen) atoms. The van der Waals surface area contributed by atoms with Crippen LogP contribution in [0.2, 0.25) is 0 Å².